The number of amides is 2. The summed E-state index contributed by atoms with van der Waals surface area (Å²) in [7, 11) is 0. The SMILES string of the molecule is CSc1cccc(NC(=O)N[C@H](C(=O)O)C(C)C)c1. The minimum absolute atomic E-state index is 0.180. The first kappa shape index (κ1) is 15.4. The summed E-state index contributed by atoms with van der Waals surface area (Å²) in [5.41, 5.74) is 0.636. The molecule has 0 saturated carbocycles. The molecule has 19 heavy (non-hydrogen) atoms. The van der Waals surface area contributed by atoms with Gasteiger partial charge in [0.1, 0.15) is 6.04 Å². The number of carboxylic acids is 1. The maximum Gasteiger partial charge on any atom is 0.326 e. The monoisotopic (exact) mass is 282 g/mol. The highest BCUT2D eigenvalue weighted by atomic mass is 32.2. The van der Waals surface area contributed by atoms with E-state index in [0.717, 1.165) is 4.90 Å². The number of hydrogen-bond acceptors (Lipinski definition) is 3. The Labute approximate surface area is 116 Å². The van der Waals surface area contributed by atoms with Crippen molar-refractivity contribution in [3.63, 3.8) is 0 Å². The number of hydrogen-bond donors (Lipinski definition) is 3. The standard InChI is InChI=1S/C13H18N2O3S/c1-8(2)11(12(16)17)15-13(18)14-9-5-4-6-10(7-9)19-3/h4-8,11H,1-3H3,(H,16,17)(H2,14,15,18)/t11-/m0/s1. The fraction of sp³-hybridized carbons (Fsp3) is 0.385. The maximum atomic E-state index is 11.7. The molecule has 0 aliphatic carbocycles. The van der Waals surface area contributed by atoms with Gasteiger partial charge in [-0.05, 0) is 30.4 Å². The van der Waals surface area contributed by atoms with E-state index in [9.17, 15) is 9.59 Å². The Balaban J connectivity index is 2.66. The van der Waals surface area contributed by atoms with E-state index in [2.05, 4.69) is 10.6 Å². The van der Waals surface area contributed by atoms with Crippen LogP contribution in [0.2, 0.25) is 0 Å². The predicted octanol–water partition coefficient (Wildman–Crippen LogP) is 2.64. The first-order valence-electron chi connectivity index (χ1n) is 5.88. The number of urea groups is 1. The van der Waals surface area contributed by atoms with E-state index >= 15 is 0 Å². The summed E-state index contributed by atoms with van der Waals surface area (Å²) in [5.74, 6) is -1.22. The summed E-state index contributed by atoms with van der Waals surface area (Å²) in [4.78, 5) is 23.7. The van der Waals surface area contributed by atoms with E-state index in [-0.39, 0.29) is 5.92 Å². The average Bonchev–Trinajstić information content (AvgIpc) is 2.35. The van der Waals surface area contributed by atoms with Crippen molar-refractivity contribution in [3.05, 3.63) is 24.3 Å². The number of thioether (sulfide) groups is 1. The Morgan fingerprint density at radius 1 is 1.32 bits per heavy atom. The van der Waals surface area contributed by atoms with Crippen LogP contribution in [-0.4, -0.2) is 29.4 Å². The molecule has 0 aromatic heterocycles. The number of nitrogens with one attached hydrogen (secondary N) is 2. The molecule has 6 heteroatoms. The van der Waals surface area contributed by atoms with Crippen LogP contribution in [0.25, 0.3) is 0 Å². The van der Waals surface area contributed by atoms with Crippen LogP contribution in [-0.2, 0) is 4.79 Å². The molecule has 104 valence electrons. The van der Waals surface area contributed by atoms with Crippen LogP contribution in [0.15, 0.2) is 29.2 Å². The van der Waals surface area contributed by atoms with E-state index < -0.39 is 18.0 Å². The Hall–Kier alpha value is -1.69. The minimum atomic E-state index is -1.04. The molecule has 5 nitrogen and oxygen atoms in total. The lowest BCUT2D eigenvalue weighted by Crippen LogP contribution is -2.46. The van der Waals surface area contributed by atoms with Crippen molar-refractivity contribution in [2.45, 2.75) is 24.8 Å². The summed E-state index contributed by atoms with van der Waals surface area (Å²) in [6.07, 6.45) is 1.94. The molecule has 0 aliphatic heterocycles. The lowest BCUT2D eigenvalue weighted by atomic mass is 10.1. The number of benzene rings is 1. The summed E-state index contributed by atoms with van der Waals surface area (Å²) < 4.78 is 0. The van der Waals surface area contributed by atoms with Gasteiger partial charge in [0.25, 0.3) is 0 Å². The van der Waals surface area contributed by atoms with Gasteiger partial charge < -0.3 is 15.7 Å². The molecule has 1 aromatic carbocycles. The summed E-state index contributed by atoms with van der Waals surface area (Å²) in [6, 6.07) is 5.93. The zero-order valence-electron chi connectivity index (χ0n) is 11.1. The minimum Gasteiger partial charge on any atom is -0.480 e. The molecule has 1 aromatic rings. The quantitative estimate of drug-likeness (QED) is 0.725. The Bertz CT molecular complexity index is 463. The van der Waals surface area contributed by atoms with Crippen molar-refractivity contribution in [1.82, 2.24) is 5.32 Å². The predicted molar refractivity (Wildman–Crippen MR) is 76.6 cm³/mol. The number of carbonyl (C=O) groups is 2. The molecule has 0 spiro atoms. The summed E-state index contributed by atoms with van der Waals surface area (Å²) in [5, 5.41) is 14.1. The normalized spacial score (nSPS) is 12.0. The van der Waals surface area contributed by atoms with Crippen LogP contribution in [0.5, 0.6) is 0 Å². The zero-order chi connectivity index (χ0) is 14.4. The van der Waals surface area contributed by atoms with E-state index in [1.807, 2.05) is 24.5 Å². The van der Waals surface area contributed by atoms with Gasteiger partial charge in [-0.2, -0.15) is 0 Å². The van der Waals surface area contributed by atoms with E-state index in [0.29, 0.717) is 5.69 Å². The number of anilines is 1. The van der Waals surface area contributed by atoms with Crippen LogP contribution in [0.1, 0.15) is 13.8 Å². The number of carbonyl (C=O) groups excluding carboxylic acids is 1. The molecule has 0 bridgehead atoms. The van der Waals surface area contributed by atoms with Gasteiger partial charge in [0.15, 0.2) is 0 Å². The third kappa shape index (κ3) is 4.82. The third-order valence-corrected chi connectivity index (χ3v) is 3.27. The van der Waals surface area contributed by atoms with Crippen molar-refractivity contribution in [2.24, 2.45) is 5.92 Å². The molecule has 2 amide bonds. The van der Waals surface area contributed by atoms with Crippen LogP contribution in [0.4, 0.5) is 10.5 Å². The van der Waals surface area contributed by atoms with E-state index in [1.165, 1.54) is 0 Å². The fourth-order valence-corrected chi connectivity index (χ4v) is 1.98. The molecular weight excluding hydrogens is 264 g/mol. The summed E-state index contributed by atoms with van der Waals surface area (Å²) >= 11 is 1.57. The van der Waals surface area contributed by atoms with E-state index in [4.69, 9.17) is 5.11 Å². The first-order chi connectivity index (χ1) is 8.93. The van der Waals surface area contributed by atoms with Crippen molar-refractivity contribution in [1.29, 1.82) is 0 Å². The van der Waals surface area contributed by atoms with Crippen molar-refractivity contribution in [3.8, 4) is 0 Å². The average molecular weight is 282 g/mol. The van der Waals surface area contributed by atoms with Crippen molar-refractivity contribution in [2.75, 3.05) is 11.6 Å². The topological polar surface area (TPSA) is 78.4 Å². The maximum absolute atomic E-state index is 11.7. The third-order valence-electron chi connectivity index (χ3n) is 2.55. The molecule has 0 fully saturated rings. The Kier molecular flexibility index (Phi) is 5.69. The molecule has 3 N–H and O–H groups in total. The molecule has 1 atom stereocenters. The highest BCUT2D eigenvalue weighted by Gasteiger charge is 2.23. The molecule has 0 saturated heterocycles. The molecule has 0 heterocycles. The second-order valence-electron chi connectivity index (χ2n) is 4.39. The van der Waals surface area contributed by atoms with Crippen LogP contribution < -0.4 is 10.6 Å². The van der Waals surface area contributed by atoms with Crippen LogP contribution >= 0.6 is 11.8 Å². The number of aliphatic carboxylic acids is 1. The number of carboxylic acid groups (broad SMARTS) is 1. The second kappa shape index (κ2) is 7.04. The van der Waals surface area contributed by atoms with Crippen LogP contribution in [0, 0.1) is 5.92 Å². The Morgan fingerprint density at radius 3 is 2.53 bits per heavy atom. The molecular formula is C13H18N2O3S. The van der Waals surface area contributed by atoms with Gasteiger partial charge in [-0.3, -0.25) is 0 Å². The molecule has 1 rings (SSSR count). The fourth-order valence-electron chi connectivity index (χ4n) is 1.52. The first-order valence-corrected chi connectivity index (χ1v) is 7.11. The van der Waals surface area contributed by atoms with Gasteiger partial charge in [-0.1, -0.05) is 19.9 Å². The molecule has 0 aliphatic rings. The van der Waals surface area contributed by atoms with Gasteiger partial charge in [0, 0.05) is 10.6 Å². The van der Waals surface area contributed by atoms with Gasteiger partial charge in [0.2, 0.25) is 0 Å². The van der Waals surface area contributed by atoms with E-state index in [1.54, 1.807) is 31.7 Å². The second-order valence-corrected chi connectivity index (χ2v) is 5.27. The van der Waals surface area contributed by atoms with Crippen molar-refractivity contribution >= 4 is 29.4 Å². The van der Waals surface area contributed by atoms with Gasteiger partial charge >= 0.3 is 12.0 Å². The van der Waals surface area contributed by atoms with Crippen LogP contribution in [0.3, 0.4) is 0 Å². The van der Waals surface area contributed by atoms with Gasteiger partial charge in [0.05, 0.1) is 0 Å². The lowest BCUT2D eigenvalue weighted by molar-refractivity contribution is -0.140. The van der Waals surface area contributed by atoms with Gasteiger partial charge in [-0.15, -0.1) is 11.8 Å². The highest BCUT2D eigenvalue weighted by molar-refractivity contribution is 7.98. The smallest absolute Gasteiger partial charge is 0.326 e. The summed E-state index contributed by atoms with van der Waals surface area (Å²) in [6.45, 7) is 3.49. The molecule has 0 unspecified atom stereocenters. The van der Waals surface area contributed by atoms with Gasteiger partial charge in [-0.25, -0.2) is 9.59 Å². The number of rotatable bonds is 5. The highest BCUT2D eigenvalue weighted by Crippen LogP contribution is 2.18. The van der Waals surface area contributed by atoms with Crippen molar-refractivity contribution < 1.29 is 14.7 Å². The zero-order valence-corrected chi connectivity index (χ0v) is 12.0. The largest absolute Gasteiger partial charge is 0.480 e. The lowest BCUT2D eigenvalue weighted by Gasteiger charge is -2.18. The molecule has 0 radical (unpaired) electrons. The Morgan fingerprint density at radius 2 is 2.00 bits per heavy atom.